The Labute approximate surface area is 199 Å². The second kappa shape index (κ2) is 11.6. The molecule has 0 unspecified atom stereocenters. The minimum Gasteiger partial charge on any atom is -0.423 e. The molecule has 9 heteroatoms. The van der Waals surface area contributed by atoms with Crippen molar-refractivity contribution in [3.8, 4) is 5.75 Å². The first-order valence-electron chi connectivity index (χ1n) is 9.55. The molecule has 0 aliphatic rings. The lowest BCUT2D eigenvalue weighted by atomic mass is 10.2. The molecule has 0 aliphatic carbocycles. The summed E-state index contributed by atoms with van der Waals surface area (Å²) in [5, 5.41) is 6.69. The third-order valence-electron chi connectivity index (χ3n) is 4.07. The van der Waals surface area contributed by atoms with Crippen LogP contribution in [0.1, 0.15) is 11.1 Å². The molecule has 3 aromatic carbocycles. The van der Waals surface area contributed by atoms with Gasteiger partial charge in [-0.2, -0.15) is 5.10 Å². The highest BCUT2D eigenvalue weighted by Gasteiger charge is 2.13. The van der Waals surface area contributed by atoms with Crippen LogP contribution in [0.25, 0.3) is 6.08 Å². The van der Waals surface area contributed by atoms with Crippen LogP contribution in [0.2, 0.25) is 10.0 Å². The number of hydrogen-bond donors (Lipinski definition) is 2. The van der Waals surface area contributed by atoms with Crippen molar-refractivity contribution in [2.24, 2.45) is 5.10 Å². The lowest BCUT2D eigenvalue weighted by Crippen LogP contribution is -2.32. The monoisotopic (exact) mass is 481 g/mol. The number of carbonyl (C=O) groups excluding carboxylic acids is 3. The summed E-state index contributed by atoms with van der Waals surface area (Å²) in [5.74, 6) is -2.05. The third kappa shape index (κ3) is 7.60. The van der Waals surface area contributed by atoms with Gasteiger partial charge in [0.05, 0.1) is 16.3 Å². The molecular formula is C24H17Cl2N3O4. The Morgan fingerprint density at radius 2 is 1.55 bits per heavy atom. The van der Waals surface area contributed by atoms with Crippen molar-refractivity contribution >= 4 is 59.0 Å². The fourth-order valence-electron chi connectivity index (χ4n) is 2.48. The number of nitrogens with zero attached hydrogens (tertiary/aromatic N) is 1. The molecule has 0 spiro atoms. The maximum absolute atomic E-state index is 11.9. The highest BCUT2D eigenvalue weighted by Crippen LogP contribution is 2.24. The largest absolute Gasteiger partial charge is 0.423 e. The van der Waals surface area contributed by atoms with E-state index >= 15 is 0 Å². The summed E-state index contributed by atoms with van der Waals surface area (Å²) in [7, 11) is 0. The number of nitrogens with one attached hydrogen (secondary N) is 2. The lowest BCUT2D eigenvalue weighted by Gasteiger charge is -2.05. The predicted octanol–water partition coefficient (Wildman–Crippen LogP) is 4.70. The molecule has 0 aliphatic heterocycles. The molecule has 2 N–H and O–H groups in total. The van der Waals surface area contributed by atoms with E-state index in [0.717, 1.165) is 5.56 Å². The van der Waals surface area contributed by atoms with Crippen LogP contribution in [-0.4, -0.2) is 24.0 Å². The second-order valence-electron chi connectivity index (χ2n) is 6.52. The number of hydrazone groups is 1. The molecule has 0 bridgehead atoms. The summed E-state index contributed by atoms with van der Waals surface area (Å²) in [4.78, 5) is 35.7. The first-order chi connectivity index (χ1) is 15.9. The molecule has 0 heterocycles. The minimum atomic E-state index is -0.965. The van der Waals surface area contributed by atoms with Crippen LogP contribution >= 0.6 is 23.2 Å². The Hall–Kier alpha value is -3.94. The van der Waals surface area contributed by atoms with Gasteiger partial charge in [0.1, 0.15) is 5.75 Å². The normalized spacial score (nSPS) is 10.8. The molecule has 0 saturated carbocycles. The van der Waals surface area contributed by atoms with Crippen molar-refractivity contribution in [2.75, 3.05) is 5.32 Å². The average molecular weight is 482 g/mol. The lowest BCUT2D eigenvalue weighted by molar-refractivity contribution is -0.136. The maximum atomic E-state index is 11.9. The maximum Gasteiger partial charge on any atom is 0.336 e. The molecule has 33 heavy (non-hydrogen) atoms. The molecule has 0 atom stereocenters. The summed E-state index contributed by atoms with van der Waals surface area (Å²) >= 11 is 11.7. The van der Waals surface area contributed by atoms with Gasteiger partial charge in [-0.25, -0.2) is 10.2 Å². The van der Waals surface area contributed by atoms with E-state index in [1.165, 1.54) is 30.5 Å². The fourth-order valence-corrected chi connectivity index (χ4v) is 2.78. The van der Waals surface area contributed by atoms with E-state index in [0.29, 0.717) is 22.0 Å². The molecule has 3 aromatic rings. The zero-order valence-corrected chi connectivity index (χ0v) is 18.5. The molecule has 7 nitrogen and oxygen atoms in total. The summed E-state index contributed by atoms with van der Waals surface area (Å²) < 4.78 is 5.23. The van der Waals surface area contributed by atoms with Gasteiger partial charge in [0, 0.05) is 11.8 Å². The van der Waals surface area contributed by atoms with E-state index in [1.54, 1.807) is 30.3 Å². The SMILES string of the molecule is O=C(/C=C/c1ccccc1)Oc1ccc(/C=N/NC(=O)C(=O)Nc2ccc(Cl)c(Cl)c2)cc1. The van der Waals surface area contributed by atoms with Crippen LogP contribution in [0.4, 0.5) is 5.69 Å². The third-order valence-corrected chi connectivity index (χ3v) is 4.81. The van der Waals surface area contributed by atoms with Gasteiger partial charge >= 0.3 is 17.8 Å². The van der Waals surface area contributed by atoms with Crippen molar-refractivity contribution in [3.63, 3.8) is 0 Å². The topological polar surface area (TPSA) is 96.9 Å². The number of amides is 2. The van der Waals surface area contributed by atoms with Crippen LogP contribution in [-0.2, 0) is 14.4 Å². The van der Waals surface area contributed by atoms with Crippen LogP contribution in [0.15, 0.2) is 84.0 Å². The number of rotatable bonds is 6. The smallest absolute Gasteiger partial charge is 0.336 e. The fraction of sp³-hybridized carbons (Fsp3) is 0. The Kier molecular flexibility index (Phi) is 8.35. The molecule has 166 valence electrons. The van der Waals surface area contributed by atoms with E-state index in [-0.39, 0.29) is 5.02 Å². The Morgan fingerprint density at radius 3 is 2.24 bits per heavy atom. The van der Waals surface area contributed by atoms with E-state index in [9.17, 15) is 14.4 Å². The van der Waals surface area contributed by atoms with Crippen molar-refractivity contribution < 1.29 is 19.1 Å². The van der Waals surface area contributed by atoms with Crippen molar-refractivity contribution in [1.82, 2.24) is 5.43 Å². The van der Waals surface area contributed by atoms with Crippen molar-refractivity contribution in [2.45, 2.75) is 0 Å². The van der Waals surface area contributed by atoms with Crippen LogP contribution in [0.3, 0.4) is 0 Å². The van der Waals surface area contributed by atoms with Gasteiger partial charge in [-0.1, -0.05) is 53.5 Å². The number of ether oxygens (including phenoxy) is 1. The van der Waals surface area contributed by atoms with E-state index in [1.807, 2.05) is 30.3 Å². The van der Waals surface area contributed by atoms with Gasteiger partial charge in [-0.3, -0.25) is 9.59 Å². The molecular weight excluding hydrogens is 465 g/mol. The number of anilines is 1. The van der Waals surface area contributed by atoms with E-state index in [4.69, 9.17) is 27.9 Å². The number of esters is 1. The van der Waals surface area contributed by atoms with Crippen molar-refractivity contribution in [3.05, 3.63) is 100 Å². The van der Waals surface area contributed by atoms with Gasteiger partial charge in [-0.15, -0.1) is 0 Å². The van der Waals surface area contributed by atoms with Crippen LogP contribution in [0.5, 0.6) is 5.75 Å². The van der Waals surface area contributed by atoms with Crippen LogP contribution < -0.4 is 15.5 Å². The quantitative estimate of drug-likeness (QED) is 0.133. The van der Waals surface area contributed by atoms with Gasteiger partial charge in [-0.05, 0) is 59.7 Å². The van der Waals surface area contributed by atoms with Crippen LogP contribution in [0, 0.1) is 0 Å². The highest BCUT2D eigenvalue weighted by molar-refractivity contribution is 6.43. The Balaban J connectivity index is 1.47. The molecule has 0 fully saturated rings. The molecule has 3 rings (SSSR count). The molecule has 0 aromatic heterocycles. The highest BCUT2D eigenvalue weighted by atomic mass is 35.5. The molecule has 0 radical (unpaired) electrons. The molecule has 0 saturated heterocycles. The summed E-state index contributed by atoms with van der Waals surface area (Å²) in [6.45, 7) is 0. The summed E-state index contributed by atoms with van der Waals surface area (Å²) in [5.41, 5.74) is 3.93. The number of halogens is 2. The Bertz CT molecular complexity index is 1210. The average Bonchev–Trinajstić information content (AvgIpc) is 2.82. The second-order valence-corrected chi connectivity index (χ2v) is 7.33. The van der Waals surface area contributed by atoms with Crippen molar-refractivity contribution in [1.29, 1.82) is 0 Å². The summed E-state index contributed by atoms with van der Waals surface area (Å²) in [6, 6.07) is 20.2. The number of benzene rings is 3. The predicted molar refractivity (Wildman–Crippen MR) is 128 cm³/mol. The van der Waals surface area contributed by atoms with E-state index < -0.39 is 17.8 Å². The van der Waals surface area contributed by atoms with E-state index in [2.05, 4.69) is 15.8 Å². The first kappa shape index (κ1) is 23.7. The zero-order chi connectivity index (χ0) is 23.6. The summed E-state index contributed by atoms with van der Waals surface area (Å²) in [6.07, 6.45) is 4.33. The molecule has 2 amide bonds. The minimum absolute atomic E-state index is 0.245. The number of hydrogen-bond acceptors (Lipinski definition) is 5. The van der Waals surface area contributed by atoms with Gasteiger partial charge < -0.3 is 10.1 Å². The first-order valence-corrected chi connectivity index (χ1v) is 10.3. The zero-order valence-electron chi connectivity index (χ0n) is 17.0. The number of carbonyl (C=O) groups is 3. The van der Waals surface area contributed by atoms with Gasteiger partial charge in [0.25, 0.3) is 0 Å². The Morgan fingerprint density at radius 1 is 0.818 bits per heavy atom. The van der Waals surface area contributed by atoms with Gasteiger partial charge in [0.15, 0.2) is 0 Å². The standard InChI is InChI=1S/C24H17Cl2N3O4/c25-20-12-9-18(14-21(20)26)28-23(31)24(32)29-27-15-17-6-10-19(11-7-17)33-22(30)13-8-16-4-2-1-3-5-16/h1-15H,(H,28,31)(H,29,32)/b13-8+,27-15+. The van der Waals surface area contributed by atoms with Gasteiger partial charge in [0.2, 0.25) is 0 Å².